The second-order valence-electron chi connectivity index (χ2n) is 9.85. The minimum atomic E-state index is -0.160. The van der Waals surface area contributed by atoms with Crippen molar-refractivity contribution < 1.29 is 14.3 Å². The Balaban J connectivity index is 1.53. The van der Waals surface area contributed by atoms with E-state index in [0.717, 1.165) is 60.5 Å². The summed E-state index contributed by atoms with van der Waals surface area (Å²) in [6, 6.07) is 15.0. The largest absolute Gasteiger partial charge is 0.484 e. The molecule has 0 saturated heterocycles. The molecule has 1 aliphatic rings. The van der Waals surface area contributed by atoms with Gasteiger partial charge >= 0.3 is 0 Å². The molecule has 202 valence electrons. The van der Waals surface area contributed by atoms with E-state index < -0.39 is 0 Å². The zero-order valence-corrected chi connectivity index (χ0v) is 23.1. The molecule has 2 N–H and O–H groups in total. The number of carbonyl (C=O) groups excluding carboxylic acids is 2. The smallest absolute Gasteiger partial charge is 0.264 e. The van der Waals surface area contributed by atoms with Crippen LogP contribution in [0.15, 0.2) is 48.5 Å². The topological polar surface area (TPSA) is 96.5 Å². The molecule has 2 heterocycles. The fourth-order valence-electron chi connectivity index (χ4n) is 4.56. The summed E-state index contributed by atoms with van der Waals surface area (Å²) in [4.78, 5) is 29.3. The first-order valence-corrected chi connectivity index (χ1v) is 14.2. The van der Waals surface area contributed by atoms with Crippen LogP contribution < -0.4 is 20.3 Å². The van der Waals surface area contributed by atoms with Crippen LogP contribution in [0.25, 0.3) is 0 Å². The second kappa shape index (κ2) is 14.0. The summed E-state index contributed by atoms with van der Waals surface area (Å²) in [5.74, 6) is 0.662. The molecule has 2 amide bonds. The monoisotopic (exact) mass is 535 g/mol. The molecule has 0 saturated carbocycles. The molecule has 2 aromatic carbocycles. The number of rotatable bonds is 7. The summed E-state index contributed by atoms with van der Waals surface area (Å²) in [5, 5.41) is 10.7. The summed E-state index contributed by atoms with van der Waals surface area (Å²) in [6.45, 7) is 6.58. The van der Waals surface area contributed by atoms with Crippen LogP contribution in [-0.4, -0.2) is 41.1 Å². The number of anilines is 1. The van der Waals surface area contributed by atoms with E-state index in [1.165, 1.54) is 11.5 Å². The number of amides is 2. The van der Waals surface area contributed by atoms with Crippen LogP contribution in [0.5, 0.6) is 5.75 Å². The van der Waals surface area contributed by atoms with Gasteiger partial charge in [-0.15, -0.1) is 5.10 Å². The molecule has 0 bridgehead atoms. The number of ether oxygens (including phenoxy) is 1. The van der Waals surface area contributed by atoms with Crippen molar-refractivity contribution in [3.05, 3.63) is 70.2 Å². The van der Waals surface area contributed by atoms with Gasteiger partial charge in [0.2, 0.25) is 0 Å². The van der Waals surface area contributed by atoms with Gasteiger partial charge in [-0.25, -0.2) is 0 Å². The molecular weight excluding hydrogens is 498 g/mol. The van der Waals surface area contributed by atoms with Crippen molar-refractivity contribution in [3.8, 4) is 5.75 Å². The van der Waals surface area contributed by atoms with Gasteiger partial charge in [0.05, 0.1) is 17.1 Å². The lowest BCUT2D eigenvalue weighted by Crippen LogP contribution is -2.37. The van der Waals surface area contributed by atoms with Gasteiger partial charge in [0.1, 0.15) is 5.75 Å². The van der Waals surface area contributed by atoms with Crippen molar-refractivity contribution >= 4 is 29.0 Å². The van der Waals surface area contributed by atoms with Crippen LogP contribution in [0.4, 0.5) is 5.69 Å². The maximum Gasteiger partial charge on any atom is 0.264 e. The fraction of sp³-hybridized carbons (Fsp3) is 0.448. The first-order valence-electron chi connectivity index (χ1n) is 13.4. The molecule has 38 heavy (non-hydrogen) atoms. The first-order chi connectivity index (χ1) is 18.5. The number of carbonyl (C=O) groups is 2. The average Bonchev–Trinajstić information content (AvgIpc) is 3.40. The number of nitrogens with one attached hydrogen (secondary N) is 2. The highest BCUT2D eigenvalue weighted by Crippen LogP contribution is 2.25. The third-order valence-electron chi connectivity index (χ3n) is 6.63. The minimum Gasteiger partial charge on any atom is -0.484 e. The molecular formula is C29H37N5O3S. The van der Waals surface area contributed by atoms with Crippen LogP contribution in [0.2, 0.25) is 0 Å². The molecule has 4 rings (SSSR count). The molecule has 9 heteroatoms. The Morgan fingerprint density at radius 3 is 2.68 bits per heavy atom. The van der Waals surface area contributed by atoms with Crippen molar-refractivity contribution in [1.82, 2.24) is 20.2 Å². The number of nitrogens with zero attached hydrogens (tertiary/aromatic N) is 3. The van der Waals surface area contributed by atoms with Gasteiger partial charge in [0.25, 0.3) is 11.8 Å². The Morgan fingerprint density at radius 1 is 1.08 bits per heavy atom. The summed E-state index contributed by atoms with van der Waals surface area (Å²) >= 11 is 1.32. The number of hydrogen-bond donors (Lipinski definition) is 2. The first kappa shape index (κ1) is 27.7. The van der Waals surface area contributed by atoms with Gasteiger partial charge in [-0.05, 0) is 72.7 Å². The normalized spacial score (nSPS) is 14.8. The minimum absolute atomic E-state index is 0.0415. The Kier molecular flexibility index (Phi) is 10.2. The van der Waals surface area contributed by atoms with E-state index in [2.05, 4.69) is 34.1 Å². The van der Waals surface area contributed by atoms with Gasteiger partial charge in [-0.2, -0.15) is 0 Å². The van der Waals surface area contributed by atoms with Crippen molar-refractivity contribution in [2.75, 3.05) is 24.6 Å². The molecule has 0 radical (unpaired) electrons. The molecule has 0 aliphatic carbocycles. The lowest BCUT2D eigenvalue weighted by atomic mass is 10.0. The number of aromatic nitrogens is 2. The van der Waals surface area contributed by atoms with E-state index in [1.807, 2.05) is 47.4 Å². The van der Waals surface area contributed by atoms with Gasteiger partial charge in [0, 0.05) is 24.3 Å². The lowest BCUT2D eigenvalue weighted by Gasteiger charge is -2.26. The highest BCUT2D eigenvalue weighted by atomic mass is 32.1. The maximum atomic E-state index is 13.4. The number of benzene rings is 2. The van der Waals surface area contributed by atoms with Crippen LogP contribution >= 0.6 is 11.5 Å². The summed E-state index contributed by atoms with van der Waals surface area (Å²) < 4.78 is 9.83. The molecule has 1 aliphatic heterocycles. The third kappa shape index (κ3) is 7.61. The van der Waals surface area contributed by atoms with Gasteiger partial charge in [0.15, 0.2) is 6.61 Å². The van der Waals surface area contributed by atoms with E-state index in [0.29, 0.717) is 30.9 Å². The SMILES string of the molecule is CC(C)c1nnsc1CNC(=O)c1ccc2c(c1)CNCCCCCCCN2C(=O)COc1ccccc1. The van der Waals surface area contributed by atoms with E-state index in [4.69, 9.17) is 4.74 Å². The maximum absolute atomic E-state index is 13.4. The summed E-state index contributed by atoms with van der Waals surface area (Å²) in [5.41, 5.74) is 3.23. The van der Waals surface area contributed by atoms with E-state index in [1.54, 1.807) is 6.07 Å². The van der Waals surface area contributed by atoms with Crippen molar-refractivity contribution in [2.45, 2.75) is 65.0 Å². The zero-order chi connectivity index (χ0) is 26.7. The molecule has 1 aromatic heterocycles. The van der Waals surface area contributed by atoms with Crippen molar-refractivity contribution in [3.63, 3.8) is 0 Å². The van der Waals surface area contributed by atoms with E-state index >= 15 is 0 Å². The highest BCUT2D eigenvalue weighted by molar-refractivity contribution is 7.05. The van der Waals surface area contributed by atoms with Crippen molar-refractivity contribution in [1.29, 1.82) is 0 Å². The third-order valence-corrected chi connectivity index (χ3v) is 7.37. The van der Waals surface area contributed by atoms with Gasteiger partial charge in [-0.3, -0.25) is 9.59 Å². The van der Waals surface area contributed by atoms with E-state index in [9.17, 15) is 9.59 Å². The number of fused-ring (bicyclic) bond motifs is 1. The molecule has 0 fully saturated rings. The summed E-state index contributed by atoms with van der Waals surface area (Å²) in [6.07, 6.45) is 5.43. The Hall–Kier alpha value is -3.30. The number of para-hydroxylation sites is 1. The highest BCUT2D eigenvalue weighted by Gasteiger charge is 2.21. The predicted octanol–water partition coefficient (Wildman–Crippen LogP) is 5.06. The average molecular weight is 536 g/mol. The molecule has 0 unspecified atom stereocenters. The van der Waals surface area contributed by atoms with E-state index in [-0.39, 0.29) is 24.3 Å². The summed E-state index contributed by atoms with van der Waals surface area (Å²) in [7, 11) is 0. The standard InChI is InChI=1S/C29H37N5O3S/c1-21(2)28-26(38-33-32-28)19-31-29(36)22-13-14-25-23(17-22)18-30-15-9-4-3-5-10-16-34(25)27(35)20-37-24-11-7-6-8-12-24/h6-8,11-14,17,21,30H,3-5,9-10,15-16,18-20H2,1-2H3,(H,31,36). The fourth-order valence-corrected chi connectivity index (χ4v) is 5.30. The molecule has 0 atom stereocenters. The van der Waals surface area contributed by atoms with Gasteiger partial charge in [-0.1, -0.05) is 55.8 Å². The molecule has 0 spiro atoms. The molecule has 3 aromatic rings. The van der Waals surface area contributed by atoms with Crippen LogP contribution in [0, 0.1) is 0 Å². The quantitative estimate of drug-likeness (QED) is 0.439. The second-order valence-corrected chi connectivity index (χ2v) is 10.7. The van der Waals surface area contributed by atoms with Gasteiger partial charge < -0.3 is 20.3 Å². The molecule has 8 nitrogen and oxygen atoms in total. The Morgan fingerprint density at radius 2 is 1.87 bits per heavy atom. The van der Waals surface area contributed by atoms with Crippen LogP contribution in [-0.2, 0) is 17.9 Å². The Labute approximate surface area is 228 Å². The Bertz CT molecular complexity index is 1200. The van der Waals surface area contributed by atoms with Crippen molar-refractivity contribution in [2.24, 2.45) is 0 Å². The lowest BCUT2D eigenvalue weighted by molar-refractivity contribution is -0.120. The van der Waals surface area contributed by atoms with Crippen LogP contribution in [0.1, 0.15) is 78.4 Å². The van der Waals surface area contributed by atoms with Crippen LogP contribution in [0.3, 0.4) is 0 Å². The zero-order valence-electron chi connectivity index (χ0n) is 22.2. The number of hydrogen-bond acceptors (Lipinski definition) is 7. The predicted molar refractivity (Wildman–Crippen MR) is 151 cm³/mol.